The van der Waals surface area contributed by atoms with Gasteiger partial charge in [0.25, 0.3) is 0 Å². The average molecular weight is 506 g/mol. The zero-order chi connectivity index (χ0) is 23.8. The van der Waals surface area contributed by atoms with E-state index in [1.165, 1.54) is 0 Å². The number of imidazole rings is 1. The van der Waals surface area contributed by atoms with Crippen LogP contribution in [0.1, 0.15) is 31.7 Å². The molecule has 0 spiro atoms. The van der Waals surface area contributed by atoms with Gasteiger partial charge in [0.2, 0.25) is 17.8 Å². The van der Waals surface area contributed by atoms with Crippen LogP contribution in [-0.2, 0) is 9.53 Å². The van der Waals surface area contributed by atoms with Crippen molar-refractivity contribution in [3.05, 3.63) is 34.4 Å². The highest BCUT2D eigenvalue weighted by atomic mass is 35.5. The minimum Gasteiger partial charge on any atom is -0.388 e. The highest BCUT2D eigenvalue weighted by molar-refractivity contribution is 6.39. The zero-order valence-corrected chi connectivity index (χ0v) is 19.8. The van der Waals surface area contributed by atoms with E-state index in [4.69, 9.17) is 43.6 Å². The number of hydrogen-bond acceptors (Lipinski definition) is 8. The molecule has 1 aliphatic carbocycles. The molecule has 2 aromatic heterocycles. The molecule has 2 atom stereocenters. The third kappa shape index (κ3) is 4.50. The second kappa shape index (κ2) is 9.53. The number of nitrogens with one attached hydrogen (secondary N) is 2. The Labute approximate surface area is 205 Å². The number of carbonyl (C=O) groups is 1. The summed E-state index contributed by atoms with van der Waals surface area (Å²) in [5.41, 5.74) is 7.30. The Kier molecular flexibility index (Phi) is 6.48. The molecule has 5 rings (SSSR count). The number of para-hydroxylation sites is 1. The number of benzene rings is 1. The lowest BCUT2D eigenvalue weighted by molar-refractivity contribution is -0.122. The second-order valence-electron chi connectivity index (χ2n) is 8.69. The molecule has 0 radical (unpaired) electrons. The van der Waals surface area contributed by atoms with E-state index in [2.05, 4.69) is 15.6 Å². The van der Waals surface area contributed by atoms with Crippen molar-refractivity contribution in [3.8, 4) is 0 Å². The molecule has 2 aliphatic rings. The van der Waals surface area contributed by atoms with Crippen molar-refractivity contribution in [2.24, 2.45) is 11.7 Å². The Morgan fingerprint density at radius 2 is 1.88 bits per heavy atom. The zero-order valence-electron chi connectivity index (χ0n) is 18.2. The van der Waals surface area contributed by atoms with Gasteiger partial charge in [-0.05, 0) is 37.8 Å². The van der Waals surface area contributed by atoms with Gasteiger partial charge in [0.1, 0.15) is 5.52 Å². The summed E-state index contributed by atoms with van der Waals surface area (Å²) in [4.78, 5) is 25.5. The fourth-order valence-corrected chi connectivity index (χ4v) is 5.08. The molecule has 1 saturated heterocycles. The van der Waals surface area contributed by atoms with Crippen LogP contribution >= 0.6 is 23.2 Å². The van der Waals surface area contributed by atoms with Crippen molar-refractivity contribution in [2.45, 2.75) is 43.9 Å². The van der Waals surface area contributed by atoms with Crippen LogP contribution in [0.4, 0.5) is 17.6 Å². The van der Waals surface area contributed by atoms with Gasteiger partial charge in [-0.3, -0.25) is 9.36 Å². The maximum absolute atomic E-state index is 11.7. The van der Waals surface area contributed by atoms with Crippen LogP contribution in [0.15, 0.2) is 24.4 Å². The Hall–Kier alpha value is -2.66. The van der Waals surface area contributed by atoms with Gasteiger partial charge in [0.05, 0.1) is 47.3 Å². The van der Waals surface area contributed by atoms with Crippen LogP contribution in [-0.4, -0.2) is 55.9 Å². The number of primary amides is 1. The number of aromatic nitrogens is 4. The molecule has 2 fully saturated rings. The average Bonchev–Trinajstić information content (AvgIpc) is 3.39. The largest absolute Gasteiger partial charge is 0.388 e. The second-order valence-corrected chi connectivity index (χ2v) is 9.51. The predicted octanol–water partition coefficient (Wildman–Crippen LogP) is 3.26. The molecule has 1 saturated carbocycles. The molecule has 1 amide bonds. The molecule has 1 aromatic carbocycles. The fourth-order valence-electron chi connectivity index (χ4n) is 4.59. The Morgan fingerprint density at radius 3 is 2.53 bits per heavy atom. The molecule has 180 valence electrons. The van der Waals surface area contributed by atoms with Gasteiger partial charge in [-0.25, -0.2) is 9.97 Å². The first-order valence-electron chi connectivity index (χ1n) is 11.2. The number of aliphatic hydroxyl groups excluding tert-OH is 1. The van der Waals surface area contributed by atoms with E-state index in [-0.39, 0.29) is 30.5 Å². The van der Waals surface area contributed by atoms with Gasteiger partial charge in [-0.1, -0.05) is 29.3 Å². The normalized spacial score (nSPS) is 24.9. The first-order valence-corrected chi connectivity index (χ1v) is 11.9. The summed E-state index contributed by atoms with van der Waals surface area (Å²) in [6, 6.07) is 5.01. The van der Waals surface area contributed by atoms with Gasteiger partial charge in [0.15, 0.2) is 5.65 Å². The summed E-state index contributed by atoms with van der Waals surface area (Å²) in [5.74, 6) is 0.511. The Morgan fingerprint density at radius 1 is 1.15 bits per heavy atom. The summed E-state index contributed by atoms with van der Waals surface area (Å²) < 4.78 is 7.33. The van der Waals surface area contributed by atoms with Gasteiger partial charge in [-0.15, -0.1) is 0 Å². The molecule has 3 aromatic rings. The first-order chi connectivity index (χ1) is 16.4. The van der Waals surface area contributed by atoms with E-state index < -0.39 is 6.10 Å². The van der Waals surface area contributed by atoms with E-state index in [9.17, 15) is 9.90 Å². The maximum Gasteiger partial charge on any atom is 0.225 e. The van der Waals surface area contributed by atoms with Crippen molar-refractivity contribution in [3.63, 3.8) is 0 Å². The smallest absolute Gasteiger partial charge is 0.225 e. The van der Waals surface area contributed by atoms with E-state index in [0.29, 0.717) is 58.2 Å². The van der Waals surface area contributed by atoms with Gasteiger partial charge in [0, 0.05) is 12.0 Å². The standard InChI is InChI=1S/C22H25Cl2N7O3/c23-13-2-1-3-14(24)18(13)29-22-28-15-8-26-21(27-16-9-34-10-17(16)32)30-20(15)31(22)12-6-4-11(5-7-12)19(25)33/h1-3,8,11-12,16-17,32H,4-7,9-10H2,(H2,25,33)(H,28,29)(H,26,27,30)/t11-,12-,16?,17?. The number of nitrogens with zero attached hydrogens (tertiary/aromatic N) is 4. The summed E-state index contributed by atoms with van der Waals surface area (Å²) in [6.07, 6.45) is 3.87. The lowest BCUT2D eigenvalue weighted by atomic mass is 9.85. The topological polar surface area (TPSA) is 140 Å². The quantitative estimate of drug-likeness (QED) is 0.400. The van der Waals surface area contributed by atoms with E-state index in [1.807, 2.05) is 4.57 Å². The van der Waals surface area contributed by atoms with E-state index in [0.717, 1.165) is 12.8 Å². The monoisotopic (exact) mass is 505 g/mol. The molecule has 2 unspecified atom stereocenters. The highest BCUT2D eigenvalue weighted by Crippen LogP contribution is 2.39. The Balaban J connectivity index is 1.53. The first kappa shape index (κ1) is 23.1. The number of fused-ring (bicyclic) bond motifs is 1. The van der Waals surface area contributed by atoms with Crippen molar-refractivity contribution >= 4 is 57.9 Å². The molecule has 34 heavy (non-hydrogen) atoms. The third-order valence-corrected chi connectivity index (χ3v) is 7.09. The summed E-state index contributed by atoms with van der Waals surface area (Å²) in [5, 5.41) is 17.4. The predicted molar refractivity (Wildman–Crippen MR) is 129 cm³/mol. The van der Waals surface area contributed by atoms with E-state index in [1.54, 1.807) is 24.4 Å². The molecular weight excluding hydrogens is 481 g/mol. The van der Waals surface area contributed by atoms with Crippen LogP contribution in [0.25, 0.3) is 11.2 Å². The number of ether oxygens (including phenoxy) is 1. The number of aliphatic hydroxyl groups is 1. The third-order valence-electron chi connectivity index (χ3n) is 6.46. The van der Waals surface area contributed by atoms with Crippen molar-refractivity contribution in [1.82, 2.24) is 19.5 Å². The summed E-state index contributed by atoms with van der Waals surface area (Å²) in [7, 11) is 0. The minimum absolute atomic E-state index is 0.0347. The van der Waals surface area contributed by atoms with Gasteiger partial charge < -0.3 is 26.2 Å². The van der Waals surface area contributed by atoms with Crippen LogP contribution < -0.4 is 16.4 Å². The van der Waals surface area contributed by atoms with Crippen LogP contribution in [0.2, 0.25) is 10.0 Å². The number of nitrogens with two attached hydrogens (primary N) is 1. The number of amides is 1. The summed E-state index contributed by atoms with van der Waals surface area (Å²) >= 11 is 12.8. The number of anilines is 3. The fraction of sp³-hybridized carbons (Fsp3) is 0.455. The van der Waals surface area contributed by atoms with Crippen LogP contribution in [0, 0.1) is 5.92 Å². The van der Waals surface area contributed by atoms with Crippen molar-refractivity contribution < 1.29 is 14.6 Å². The van der Waals surface area contributed by atoms with Crippen molar-refractivity contribution in [1.29, 1.82) is 0 Å². The minimum atomic E-state index is -0.632. The SMILES string of the molecule is NC(=O)[C@H]1CC[C@H](n2c(Nc3c(Cl)cccc3Cl)nc3cnc(NC4COCC4O)nc32)CC1. The summed E-state index contributed by atoms with van der Waals surface area (Å²) in [6.45, 7) is 0.643. The van der Waals surface area contributed by atoms with E-state index >= 15 is 0 Å². The number of halogens is 2. The molecule has 0 bridgehead atoms. The molecule has 3 heterocycles. The molecule has 5 N–H and O–H groups in total. The van der Waals surface area contributed by atoms with Crippen LogP contribution in [0.5, 0.6) is 0 Å². The van der Waals surface area contributed by atoms with Gasteiger partial charge >= 0.3 is 0 Å². The number of rotatable bonds is 6. The lowest BCUT2D eigenvalue weighted by Crippen LogP contribution is -2.32. The molecular formula is C22H25Cl2N7O3. The molecule has 12 heteroatoms. The maximum atomic E-state index is 11.7. The van der Waals surface area contributed by atoms with Crippen LogP contribution in [0.3, 0.4) is 0 Å². The highest BCUT2D eigenvalue weighted by Gasteiger charge is 2.30. The number of hydrogen-bond donors (Lipinski definition) is 4. The lowest BCUT2D eigenvalue weighted by Gasteiger charge is -2.29. The number of carbonyl (C=O) groups excluding carboxylic acids is 1. The Bertz CT molecular complexity index is 1190. The molecule has 10 nitrogen and oxygen atoms in total. The van der Waals surface area contributed by atoms with Gasteiger partial charge in [-0.2, -0.15) is 4.98 Å². The van der Waals surface area contributed by atoms with Crippen molar-refractivity contribution in [2.75, 3.05) is 23.8 Å². The molecule has 1 aliphatic heterocycles.